The number of piperidine rings is 1. The van der Waals surface area contributed by atoms with Gasteiger partial charge in [-0.3, -0.25) is 10.1 Å². The molecule has 1 atom stereocenters. The van der Waals surface area contributed by atoms with E-state index in [9.17, 15) is 14.9 Å². The highest BCUT2D eigenvalue weighted by Gasteiger charge is 2.28. The number of non-ortho nitro benzene ring substituents is 1. The first-order chi connectivity index (χ1) is 10.1. The molecule has 0 spiro atoms. The smallest absolute Gasteiger partial charge is 0.410 e. The zero-order valence-electron chi connectivity index (χ0n) is 11.9. The largest absolute Gasteiger partial charge is 0.415 e. The number of benzene rings is 1. The lowest BCUT2D eigenvalue weighted by atomic mass is 10.0. The zero-order valence-corrected chi connectivity index (χ0v) is 11.9. The fraction of sp³-hybridized carbons (Fsp3) is 0.500. The number of hydrogen-bond acceptors (Lipinski definition) is 5. The van der Waals surface area contributed by atoms with Gasteiger partial charge in [0, 0.05) is 25.8 Å². The molecule has 1 aliphatic heterocycles. The standard InChI is InChI=1S/C14H18N2O5/c1-20-10-12-4-2-3-9-15(12)14(17)21-13-7-5-11(6-8-13)16(18)19/h5-8,12H,2-4,9-10H2,1H3. The highest BCUT2D eigenvalue weighted by atomic mass is 16.6. The summed E-state index contributed by atoms with van der Waals surface area (Å²) >= 11 is 0. The zero-order chi connectivity index (χ0) is 15.2. The second-order valence-electron chi connectivity index (χ2n) is 4.92. The lowest BCUT2D eigenvalue weighted by Crippen LogP contribution is -2.47. The molecule has 1 aromatic carbocycles. The number of methoxy groups -OCH3 is 1. The molecule has 2 rings (SSSR count). The van der Waals surface area contributed by atoms with Crippen LogP contribution in [0.4, 0.5) is 10.5 Å². The lowest BCUT2D eigenvalue weighted by Gasteiger charge is -2.34. The summed E-state index contributed by atoms with van der Waals surface area (Å²) in [5.41, 5.74) is -0.0370. The van der Waals surface area contributed by atoms with Gasteiger partial charge >= 0.3 is 6.09 Å². The van der Waals surface area contributed by atoms with E-state index < -0.39 is 11.0 Å². The van der Waals surface area contributed by atoms with Crippen molar-refractivity contribution >= 4 is 11.8 Å². The van der Waals surface area contributed by atoms with Gasteiger partial charge in [-0.15, -0.1) is 0 Å². The van der Waals surface area contributed by atoms with Gasteiger partial charge in [0.05, 0.1) is 17.6 Å². The van der Waals surface area contributed by atoms with Crippen molar-refractivity contribution in [3.05, 3.63) is 34.4 Å². The Morgan fingerprint density at radius 3 is 2.71 bits per heavy atom. The van der Waals surface area contributed by atoms with Crippen molar-refractivity contribution in [2.75, 3.05) is 20.3 Å². The topological polar surface area (TPSA) is 81.9 Å². The number of likely N-dealkylation sites (tertiary alicyclic amines) is 1. The Morgan fingerprint density at radius 2 is 2.10 bits per heavy atom. The quantitative estimate of drug-likeness (QED) is 0.629. The van der Waals surface area contributed by atoms with Gasteiger partial charge in [-0.2, -0.15) is 0 Å². The number of carbonyl (C=O) groups is 1. The van der Waals surface area contributed by atoms with Crippen LogP contribution in [-0.4, -0.2) is 42.2 Å². The van der Waals surface area contributed by atoms with Gasteiger partial charge in [-0.1, -0.05) is 0 Å². The molecule has 114 valence electrons. The van der Waals surface area contributed by atoms with Crippen LogP contribution in [0, 0.1) is 10.1 Å². The van der Waals surface area contributed by atoms with E-state index in [1.807, 2.05) is 0 Å². The summed E-state index contributed by atoms with van der Waals surface area (Å²) in [5.74, 6) is 0.298. The third kappa shape index (κ3) is 3.91. The molecule has 1 amide bonds. The summed E-state index contributed by atoms with van der Waals surface area (Å²) in [4.78, 5) is 23.9. The molecule has 7 heteroatoms. The molecule has 1 heterocycles. The van der Waals surface area contributed by atoms with E-state index in [1.165, 1.54) is 24.3 Å². The summed E-state index contributed by atoms with van der Waals surface area (Å²) < 4.78 is 10.4. The summed E-state index contributed by atoms with van der Waals surface area (Å²) in [6.07, 6.45) is 2.46. The average molecular weight is 294 g/mol. The molecule has 0 aromatic heterocycles. The first-order valence-corrected chi connectivity index (χ1v) is 6.83. The first kappa shape index (κ1) is 15.2. The van der Waals surface area contributed by atoms with Crippen LogP contribution in [-0.2, 0) is 4.74 Å². The molecule has 0 aliphatic carbocycles. The molecule has 1 fully saturated rings. The number of amides is 1. The molecule has 0 bridgehead atoms. The van der Waals surface area contributed by atoms with E-state index in [0.29, 0.717) is 18.9 Å². The van der Waals surface area contributed by atoms with Crippen molar-refractivity contribution in [2.24, 2.45) is 0 Å². The Balaban J connectivity index is 2.00. The maximum atomic E-state index is 12.2. The summed E-state index contributed by atoms with van der Waals surface area (Å²) in [6.45, 7) is 1.12. The Hall–Kier alpha value is -2.15. The summed E-state index contributed by atoms with van der Waals surface area (Å²) in [7, 11) is 1.61. The van der Waals surface area contributed by atoms with E-state index >= 15 is 0 Å². The second kappa shape index (κ2) is 7.03. The van der Waals surface area contributed by atoms with E-state index in [0.717, 1.165) is 19.3 Å². The minimum Gasteiger partial charge on any atom is -0.410 e. The third-order valence-electron chi connectivity index (χ3n) is 3.47. The fourth-order valence-electron chi connectivity index (χ4n) is 2.40. The Morgan fingerprint density at radius 1 is 1.38 bits per heavy atom. The maximum Gasteiger partial charge on any atom is 0.415 e. The van der Waals surface area contributed by atoms with Crippen LogP contribution in [0.15, 0.2) is 24.3 Å². The van der Waals surface area contributed by atoms with E-state index in [-0.39, 0.29) is 11.7 Å². The summed E-state index contributed by atoms with van der Waals surface area (Å²) in [5, 5.41) is 10.6. The van der Waals surface area contributed by atoms with Gasteiger partial charge in [0.15, 0.2) is 0 Å². The van der Waals surface area contributed by atoms with Crippen molar-refractivity contribution in [1.82, 2.24) is 4.90 Å². The van der Waals surface area contributed by atoms with E-state index in [4.69, 9.17) is 9.47 Å². The normalized spacial score (nSPS) is 18.3. The van der Waals surface area contributed by atoms with Gasteiger partial charge in [0.2, 0.25) is 0 Å². The molecule has 0 N–H and O–H groups in total. The Bertz CT molecular complexity index is 501. The molecule has 1 unspecified atom stereocenters. The number of ether oxygens (including phenoxy) is 2. The van der Waals surface area contributed by atoms with Gasteiger partial charge in [0.25, 0.3) is 5.69 Å². The van der Waals surface area contributed by atoms with E-state index in [2.05, 4.69) is 0 Å². The van der Waals surface area contributed by atoms with Crippen LogP contribution in [0.5, 0.6) is 5.75 Å². The van der Waals surface area contributed by atoms with Gasteiger partial charge in [0.1, 0.15) is 5.75 Å². The monoisotopic (exact) mass is 294 g/mol. The highest BCUT2D eigenvalue weighted by Crippen LogP contribution is 2.21. The van der Waals surface area contributed by atoms with Crippen molar-refractivity contribution in [2.45, 2.75) is 25.3 Å². The SMILES string of the molecule is COCC1CCCCN1C(=O)Oc1ccc([N+](=O)[O-])cc1. The predicted octanol–water partition coefficient (Wildman–Crippen LogP) is 2.59. The number of nitro groups is 1. The molecular formula is C14H18N2O5. The van der Waals surface area contributed by atoms with Crippen molar-refractivity contribution in [1.29, 1.82) is 0 Å². The van der Waals surface area contributed by atoms with Crippen LogP contribution < -0.4 is 4.74 Å². The number of carbonyl (C=O) groups excluding carboxylic acids is 1. The number of nitro benzene ring substituents is 1. The lowest BCUT2D eigenvalue weighted by molar-refractivity contribution is -0.384. The molecule has 1 aromatic rings. The van der Waals surface area contributed by atoms with Crippen molar-refractivity contribution in [3.63, 3.8) is 0 Å². The minimum atomic E-state index is -0.495. The van der Waals surface area contributed by atoms with Crippen LogP contribution in [0.2, 0.25) is 0 Å². The first-order valence-electron chi connectivity index (χ1n) is 6.83. The van der Waals surface area contributed by atoms with Gasteiger partial charge in [-0.05, 0) is 31.4 Å². The molecular weight excluding hydrogens is 276 g/mol. The maximum absolute atomic E-state index is 12.2. The van der Waals surface area contributed by atoms with Gasteiger partial charge in [-0.25, -0.2) is 4.79 Å². The van der Waals surface area contributed by atoms with Crippen LogP contribution in [0.25, 0.3) is 0 Å². The van der Waals surface area contributed by atoms with Crippen molar-refractivity contribution in [3.8, 4) is 5.75 Å². The molecule has 0 saturated carbocycles. The van der Waals surface area contributed by atoms with Crippen LogP contribution in [0.1, 0.15) is 19.3 Å². The third-order valence-corrected chi connectivity index (χ3v) is 3.47. The fourth-order valence-corrected chi connectivity index (χ4v) is 2.40. The molecule has 21 heavy (non-hydrogen) atoms. The van der Waals surface area contributed by atoms with Crippen molar-refractivity contribution < 1.29 is 19.2 Å². The average Bonchev–Trinajstić information content (AvgIpc) is 2.48. The van der Waals surface area contributed by atoms with E-state index in [1.54, 1.807) is 12.0 Å². The minimum absolute atomic E-state index is 0.0225. The predicted molar refractivity (Wildman–Crippen MR) is 75.3 cm³/mol. The Labute approximate surface area is 122 Å². The Kier molecular flexibility index (Phi) is 5.10. The van der Waals surface area contributed by atoms with Crippen LogP contribution in [0.3, 0.4) is 0 Å². The van der Waals surface area contributed by atoms with Gasteiger partial charge < -0.3 is 14.4 Å². The molecule has 0 radical (unpaired) electrons. The second-order valence-corrected chi connectivity index (χ2v) is 4.92. The molecule has 1 saturated heterocycles. The summed E-state index contributed by atoms with van der Waals surface area (Å²) in [6, 6.07) is 5.49. The highest BCUT2D eigenvalue weighted by molar-refractivity contribution is 5.71. The molecule has 7 nitrogen and oxygen atoms in total. The molecule has 1 aliphatic rings. The number of nitrogens with zero attached hydrogens (tertiary/aromatic N) is 2. The number of rotatable bonds is 4. The van der Waals surface area contributed by atoms with Crippen LogP contribution >= 0.6 is 0 Å². The number of hydrogen-bond donors (Lipinski definition) is 0.